The number of esters is 1. The van der Waals surface area contributed by atoms with Gasteiger partial charge in [-0.2, -0.15) is 0 Å². The summed E-state index contributed by atoms with van der Waals surface area (Å²) >= 11 is 0. The Bertz CT molecular complexity index is 577. The molecular formula is C28H44O3. The highest BCUT2D eigenvalue weighted by atomic mass is 16.5. The summed E-state index contributed by atoms with van der Waals surface area (Å²) in [5.74, 6) is 0.736. The second kappa shape index (κ2) is 21.2. The molecule has 0 atom stereocenters. The molecule has 0 saturated heterocycles. The van der Waals surface area contributed by atoms with Crippen molar-refractivity contribution in [2.24, 2.45) is 0 Å². The van der Waals surface area contributed by atoms with E-state index in [-0.39, 0.29) is 5.97 Å². The molecule has 0 aliphatic carbocycles. The van der Waals surface area contributed by atoms with Crippen LogP contribution in [0.5, 0.6) is 5.75 Å². The van der Waals surface area contributed by atoms with Crippen molar-refractivity contribution in [1.29, 1.82) is 0 Å². The Labute approximate surface area is 190 Å². The molecule has 0 aromatic heterocycles. The number of benzene rings is 1. The third kappa shape index (κ3) is 18.5. The maximum absolute atomic E-state index is 11.7. The molecule has 1 aromatic carbocycles. The number of para-hydroxylation sites is 1. The predicted molar refractivity (Wildman–Crippen MR) is 131 cm³/mol. The van der Waals surface area contributed by atoms with E-state index in [0.717, 1.165) is 18.6 Å². The molecule has 0 N–H and O–H groups in total. The lowest BCUT2D eigenvalue weighted by Crippen LogP contribution is -2.04. The maximum Gasteiger partial charge on any atom is 0.306 e. The molecule has 0 amide bonds. The maximum atomic E-state index is 11.7. The number of rotatable bonds is 20. The molecule has 0 spiro atoms. The number of allylic oxidation sites excluding steroid dienone is 2. The number of hydrogen-bond acceptors (Lipinski definition) is 3. The van der Waals surface area contributed by atoms with Crippen LogP contribution in [0, 0.1) is 0 Å². The lowest BCUT2D eigenvalue weighted by molar-refractivity contribution is -0.142. The molecule has 174 valence electrons. The van der Waals surface area contributed by atoms with Crippen LogP contribution in [-0.2, 0) is 9.53 Å². The van der Waals surface area contributed by atoms with E-state index in [0.29, 0.717) is 19.6 Å². The zero-order chi connectivity index (χ0) is 22.2. The van der Waals surface area contributed by atoms with Crippen molar-refractivity contribution in [2.45, 2.75) is 96.8 Å². The number of unbranched alkanes of at least 4 members (excludes halogenated alkanes) is 11. The quantitative estimate of drug-likeness (QED) is 0.119. The first-order valence-electron chi connectivity index (χ1n) is 12.5. The Morgan fingerprint density at radius 1 is 0.710 bits per heavy atom. The third-order valence-corrected chi connectivity index (χ3v) is 5.24. The summed E-state index contributed by atoms with van der Waals surface area (Å²) in [6, 6.07) is 9.67. The molecule has 31 heavy (non-hydrogen) atoms. The average molecular weight is 429 g/mol. The monoisotopic (exact) mass is 428 g/mol. The fraction of sp³-hybridized carbons (Fsp3) is 0.607. The number of ether oxygens (including phenoxy) is 2. The van der Waals surface area contributed by atoms with E-state index in [9.17, 15) is 4.79 Å². The van der Waals surface area contributed by atoms with E-state index >= 15 is 0 Å². The Hall–Kier alpha value is -2.03. The summed E-state index contributed by atoms with van der Waals surface area (Å²) in [6.07, 6.45) is 25.4. The predicted octanol–water partition coefficient (Wildman–Crippen LogP) is 8.20. The van der Waals surface area contributed by atoms with Gasteiger partial charge >= 0.3 is 5.97 Å². The van der Waals surface area contributed by atoms with Gasteiger partial charge in [0.2, 0.25) is 0 Å². The zero-order valence-corrected chi connectivity index (χ0v) is 19.7. The first-order chi connectivity index (χ1) is 15.3. The highest BCUT2D eigenvalue weighted by molar-refractivity contribution is 5.69. The van der Waals surface area contributed by atoms with Crippen LogP contribution in [0.2, 0.25) is 0 Å². The summed E-state index contributed by atoms with van der Waals surface area (Å²) in [5.41, 5.74) is 0. The first-order valence-corrected chi connectivity index (χ1v) is 12.5. The van der Waals surface area contributed by atoms with E-state index in [1.165, 1.54) is 70.6 Å². The molecule has 0 heterocycles. The van der Waals surface area contributed by atoms with Gasteiger partial charge in [0.15, 0.2) is 0 Å². The van der Waals surface area contributed by atoms with Crippen molar-refractivity contribution in [3.05, 3.63) is 54.6 Å². The fourth-order valence-electron chi connectivity index (χ4n) is 3.35. The van der Waals surface area contributed by atoms with Crippen LogP contribution in [0.4, 0.5) is 0 Å². The molecule has 0 saturated carbocycles. The van der Waals surface area contributed by atoms with Crippen molar-refractivity contribution < 1.29 is 14.3 Å². The van der Waals surface area contributed by atoms with Crippen LogP contribution < -0.4 is 4.74 Å². The van der Waals surface area contributed by atoms with Gasteiger partial charge < -0.3 is 9.47 Å². The van der Waals surface area contributed by atoms with Crippen LogP contribution >= 0.6 is 0 Å². The second-order valence-electron chi connectivity index (χ2n) is 8.11. The van der Waals surface area contributed by atoms with E-state index in [2.05, 4.69) is 19.1 Å². The first kappa shape index (κ1) is 27.0. The summed E-state index contributed by atoms with van der Waals surface area (Å²) in [7, 11) is 0. The third-order valence-electron chi connectivity index (χ3n) is 5.24. The van der Waals surface area contributed by atoms with Gasteiger partial charge in [0, 0.05) is 6.42 Å². The van der Waals surface area contributed by atoms with Gasteiger partial charge in [-0.25, -0.2) is 0 Å². The van der Waals surface area contributed by atoms with Crippen LogP contribution in [0.3, 0.4) is 0 Å². The molecule has 0 aliphatic rings. The molecule has 0 bridgehead atoms. The number of carbonyl (C=O) groups is 1. The van der Waals surface area contributed by atoms with Crippen LogP contribution in [0.25, 0.3) is 0 Å². The summed E-state index contributed by atoms with van der Waals surface area (Å²) in [6.45, 7) is 3.07. The van der Waals surface area contributed by atoms with Gasteiger partial charge in [-0.1, -0.05) is 88.6 Å². The van der Waals surface area contributed by atoms with Gasteiger partial charge in [0.25, 0.3) is 0 Å². The molecule has 1 aromatic rings. The Morgan fingerprint density at radius 2 is 1.29 bits per heavy atom. The Kier molecular flexibility index (Phi) is 18.5. The Morgan fingerprint density at radius 3 is 1.97 bits per heavy atom. The minimum absolute atomic E-state index is 0.105. The fourth-order valence-corrected chi connectivity index (χ4v) is 3.35. The molecule has 0 aliphatic heterocycles. The summed E-state index contributed by atoms with van der Waals surface area (Å²) in [4.78, 5) is 11.7. The average Bonchev–Trinajstić information content (AvgIpc) is 2.79. The van der Waals surface area contributed by atoms with Crippen molar-refractivity contribution in [3.63, 3.8) is 0 Å². The molecular weight excluding hydrogens is 384 g/mol. The number of hydrogen-bond donors (Lipinski definition) is 0. The van der Waals surface area contributed by atoms with Crippen molar-refractivity contribution in [1.82, 2.24) is 0 Å². The van der Waals surface area contributed by atoms with Gasteiger partial charge in [-0.3, -0.25) is 4.79 Å². The minimum atomic E-state index is -0.105. The molecule has 3 heteroatoms. The SMILES string of the molecule is CCCCCCCC/C=C\CCCCCCCC(=O)OCC=CCOc1ccccc1. The highest BCUT2D eigenvalue weighted by Gasteiger charge is 2.01. The van der Waals surface area contributed by atoms with E-state index in [4.69, 9.17) is 9.47 Å². The van der Waals surface area contributed by atoms with Gasteiger partial charge in [0.05, 0.1) is 0 Å². The standard InChI is InChI=1S/C28H44O3/c1-2-3-4-5-6-7-8-9-10-11-12-13-14-15-19-24-28(29)31-26-21-20-25-30-27-22-17-16-18-23-27/h9-10,16-18,20-23H,2-8,11-15,19,24-26H2,1H3/b10-9-,21-20?. The zero-order valence-electron chi connectivity index (χ0n) is 19.7. The normalized spacial score (nSPS) is 11.4. The lowest BCUT2D eigenvalue weighted by atomic mass is 10.1. The summed E-state index contributed by atoms with van der Waals surface area (Å²) < 4.78 is 10.8. The molecule has 3 nitrogen and oxygen atoms in total. The second-order valence-corrected chi connectivity index (χ2v) is 8.11. The van der Waals surface area contributed by atoms with E-state index in [1.807, 2.05) is 42.5 Å². The van der Waals surface area contributed by atoms with Gasteiger partial charge in [-0.05, 0) is 56.4 Å². The van der Waals surface area contributed by atoms with Gasteiger partial charge in [0.1, 0.15) is 19.0 Å². The van der Waals surface area contributed by atoms with Crippen molar-refractivity contribution in [2.75, 3.05) is 13.2 Å². The van der Waals surface area contributed by atoms with E-state index < -0.39 is 0 Å². The molecule has 0 radical (unpaired) electrons. The smallest absolute Gasteiger partial charge is 0.306 e. The Balaban J connectivity index is 1.82. The minimum Gasteiger partial charge on any atom is -0.490 e. The van der Waals surface area contributed by atoms with Crippen LogP contribution in [0.1, 0.15) is 96.8 Å². The van der Waals surface area contributed by atoms with Crippen molar-refractivity contribution >= 4 is 5.97 Å². The van der Waals surface area contributed by atoms with Crippen molar-refractivity contribution in [3.8, 4) is 5.75 Å². The largest absolute Gasteiger partial charge is 0.490 e. The summed E-state index contributed by atoms with van der Waals surface area (Å²) in [5, 5.41) is 0. The lowest BCUT2D eigenvalue weighted by Gasteiger charge is -2.03. The van der Waals surface area contributed by atoms with E-state index in [1.54, 1.807) is 0 Å². The molecule has 0 unspecified atom stereocenters. The van der Waals surface area contributed by atoms with Crippen LogP contribution in [-0.4, -0.2) is 19.2 Å². The molecule has 0 fully saturated rings. The topological polar surface area (TPSA) is 35.5 Å². The highest BCUT2D eigenvalue weighted by Crippen LogP contribution is 2.10. The molecule has 1 rings (SSSR count). The van der Waals surface area contributed by atoms with Crippen LogP contribution in [0.15, 0.2) is 54.6 Å². The van der Waals surface area contributed by atoms with Gasteiger partial charge in [-0.15, -0.1) is 0 Å². The number of carbonyl (C=O) groups excluding carboxylic acids is 1.